The molecule has 732 valence electrons. The molecule has 0 aliphatic rings. The number of nitrogens with one attached hydrogen (secondary N) is 3. The molecule has 0 saturated carbocycles. The number of nitrogens with two attached hydrogens (primary N) is 1. The van der Waals surface area contributed by atoms with E-state index in [2.05, 4.69) is 67.5 Å². The Hall–Kier alpha value is -17.9. The average molecular weight is 1980 g/mol. The summed E-state index contributed by atoms with van der Waals surface area (Å²) >= 11 is 6.03. The predicted molar refractivity (Wildman–Crippen MR) is 549 cm³/mol. The second-order valence-corrected chi connectivity index (χ2v) is 31.3. The number of fused-ring (bicyclic) bond motifs is 12. The minimum Gasteiger partial charge on any atom is -0.497 e. The van der Waals surface area contributed by atoms with Gasteiger partial charge < -0.3 is 94.3 Å². The van der Waals surface area contributed by atoms with Crippen LogP contribution in [-0.4, -0.2) is 180 Å². The van der Waals surface area contributed by atoms with E-state index in [-0.39, 0.29) is 36.1 Å². The first-order valence-electron chi connectivity index (χ1n) is 44.1. The van der Waals surface area contributed by atoms with Crippen LogP contribution in [0, 0.1) is 12.3 Å². The summed E-state index contributed by atoms with van der Waals surface area (Å²) in [4.78, 5) is 42.4. The summed E-state index contributed by atoms with van der Waals surface area (Å²) in [7, 11) is 21.2. The molecule has 20 rings (SSSR count). The molecule has 0 aliphatic heterocycles. The van der Waals surface area contributed by atoms with Crippen molar-refractivity contribution in [3.05, 3.63) is 309 Å². The predicted octanol–water partition coefficient (Wildman–Crippen LogP) is 15.8. The van der Waals surface area contributed by atoms with Crippen molar-refractivity contribution in [3.63, 3.8) is 0 Å². The van der Waals surface area contributed by atoms with E-state index < -0.39 is 0 Å². The van der Waals surface area contributed by atoms with Gasteiger partial charge in [-0.15, -0.1) is 28.2 Å². The number of hydrogen-bond acceptors (Lipinski definition) is 30. The van der Waals surface area contributed by atoms with Crippen LogP contribution in [0.25, 0.3) is 115 Å². The molecule has 0 unspecified atom stereocenters. The number of ether oxygens (including phenoxy) is 13. The van der Waals surface area contributed by atoms with E-state index in [1.807, 2.05) is 251 Å². The Labute approximate surface area is 857 Å². The van der Waals surface area contributed by atoms with Crippen LogP contribution in [0.15, 0.2) is 242 Å². The molecule has 10 aromatic carbocycles. The van der Waals surface area contributed by atoms with Crippen LogP contribution >= 0.6 is 11.6 Å². The standard InChI is InChI=1S/C30H29N7O4.C21H21ClN4O3.C21H21N7O3.C21H19N7O2.C9H8O.N3.Na/c1-38-22-11-8-19(9-12-22)25-18-36(35-34-25)16-21-17-37-29(32-21)24-6-5-7-26(40-3)28(24)33-30(37)31-15-20-10-13-23(39-2)14-27(20)41-4;1-27-15-8-7-13(18(9-15)29-3)11-23-21-25-19-16(5-4-6-17(19)28-2)20-24-14(10-22)12-26(20)21;1-29-15-8-7-13(18(9-15)31-3)10-23-21-26-19-16(5-4-6-17(19)30-2)20-25-14(11-24-27-22)12-28(20)21;1-29-15-8-6-13(7-9-15)17-12-27(26-25-17)10-14-11-28-20(23-14)16-4-3-5-18(30-2)19(16)24-21(28)22;1-3-8-4-6-9(10-2)7-5-8;1-3-2;/h5-14,17-18H,15-16H2,1-4H3,(H,31,33);4-9,12H,10-11H2,1-3H3,(H,23,25);4-9,12H,10-11H2,1-3H3,(H,23,26);3-9,11-12H,10H2,1-2H3,(H2,22,24);1,4-7H,2H3;;/q;;;;;-1;+1. The molecule has 145 heavy (non-hydrogen) atoms. The van der Waals surface area contributed by atoms with Crippen molar-refractivity contribution >= 4 is 102 Å². The molecule has 10 heterocycles. The second kappa shape index (κ2) is 48.8. The molecule has 0 radical (unpaired) electrons. The van der Waals surface area contributed by atoms with Crippen molar-refractivity contribution in [2.45, 2.75) is 45.1 Å². The SMILES string of the molecule is C#Cc1ccc(OC)cc1.COc1ccc(-c2cn(Cc3cn4c(N)nc5c(OC)cccc5c4n3)nn2)cc1.COc1ccc(-c2cn(Cc3cn4c(NCc5ccc(OC)cc5OC)nc5c(OC)cccc5c4n3)nn2)cc1.COc1ccc(CNc2nc3c(OC)cccc3c3nc(CCl)cn23)c(OC)c1.COc1ccc(CNc2nc3c(OC)cccc3c3nc(CN=[N+]=[N-])cn23)c(OC)c1.[N-]=[N+]=[N-].[Na+]. The van der Waals surface area contributed by atoms with Crippen LogP contribution in [0.5, 0.6) is 74.7 Å². The van der Waals surface area contributed by atoms with Crippen molar-refractivity contribution in [2.75, 3.05) is 114 Å². The molecule has 41 nitrogen and oxygen atoms in total. The zero-order valence-electron chi connectivity index (χ0n) is 81.5. The van der Waals surface area contributed by atoms with Crippen LogP contribution in [0.1, 0.15) is 45.0 Å². The Morgan fingerprint density at radius 2 is 0.662 bits per heavy atom. The molecule has 0 spiro atoms. The monoisotopic (exact) mass is 1980 g/mol. The van der Waals surface area contributed by atoms with Gasteiger partial charge >= 0.3 is 29.6 Å². The first-order valence-corrected chi connectivity index (χ1v) is 44.7. The zero-order chi connectivity index (χ0) is 101. The van der Waals surface area contributed by atoms with E-state index in [4.69, 9.17) is 127 Å². The molecule has 0 atom stereocenters. The number of azide groups is 1. The number of imidazole rings is 4. The maximum atomic E-state index is 8.66. The summed E-state index contributed by atoms with van der Waals surface area (Å²) in [6.07, 6.45) is 16.5. The molecule has 0 fully saturated rings. The number of alkyl halides is 1. The number of benzene rings is 10. The third kappa shape index (κ3) is 23.7. The van der Waals surface area contributed by atoms with Gasteiger partial charge in [0.25, 0.3) is 0 Å². The van der Waals surface area contributed by atoms with Gasteiger partial charge in [-0.2, -0.15) is 0 Å². The molecule has 5 N–H and O–H groups in total. The Bertz CT molecular complexity index is 8060. The molecule has 20 aromatic rings. The van der Waals surface area contributed by atoms with Gasteiger partial charge in [-0.3, -0.25) is 22.5 Å². The van der Waals surface area contributed by atoms with Gasteiger partial charge in [0.1, 0.15) is 131 Å². The van der Waals surface area contributed by atoms with Crippen LogP contribution < -0.4 is 113 Å². The Balaban J connectivity index is 0.000000147. The number of anilines is 4. The van der Waals surface area contributed by atoms with Crippen molar-refractivity contribution < 1.29 is 91.1 Å². The van der Waals surface area contributed by atoms with Gasteiger partial charge in [0, 0.05) is 122 Å². The number of terminal acetylenes is 1. The Kier molecular flexibility index (Phi) is 34.6. The van der Waals surface area contributed by atoms with E-state index in [9.17, 15) is 0 Å². The van der Waals surface area contributed by atoms with Gasteiger partial charge in [0.05, 0.1) is 153 Å². The number of hydrogen-bond donors (Lipinski definition) is 4. The summed E-state index contributed by atoms with van der Waals surface area (Å²) < 4.78 is 80.9. The van der Waals surface area contributed by atoms with Crippen molar-refractivity contribution in [3.8, 4) is 110 Å². The first kappa shape index (κ1) is 103. The van der Waals surface area contributed by atoms with E-state index in [1.165, 1.54) is 4.91 Å². The van der Waals surface area contributed by atoms with Gasteiger partial charge in [-0.25, -0.2) is 49.2 Å². The van der Waals surface area contributed by atoms with E-state index in [1.54, 1.807) is 106 Å². The third-order valence-corrected chi connectivity index (χ3v) is 22.9. The fourth-order valence-corrected chi connectivity index (χ4v) is 15.7. The topological polar surface area (TPSA) is 472 Å². The fraction of sp³-hybridized carbons (Fsp3) is 0.196. The summed E-state index contributed by atoms with van der Waals surface area (Å²) in [5, 5.41) is 34.5. The molecule has 43 heteroatoms. The molecule has 0 aliphatic carbocycles. The third-order valence-electron chi connectivity index (χ3n) is 22.7. The number of methoxy groups -OCH3 is 13. The minimum atomic E-state index is 0. The number of rotatable bonds is 31. The number of nitrogen functional groups attached to an aromatic ring is 1. The largest absolute Gasteiger partial charge is 1.00 e. The number of para-hydroxylation sites is 4. The van der Waals surface area contributed by atoms with Crippen LogP contribution in [0.3, 0.4) is 0 Å². The minimum absolute atomic E-state index is 0. The smallest absolute Gasteiger partial charge is 0.497 e. The molecule has 0 bridgehead atoms. The summed E-state index contributed by atoms with van der Waals surface area (Å²) in [5.74, 6) is 14.4. The van der Waals surface area contributed by atoms with Gasteiger partial charge in [0.2, 0.25) is 23.8 Å². The zero-order valence-corrected chi connectivity index (χ0v) is 84.3. The van der Waals surface area contributed by atoms with Gasteiger partial charge in [-0.05, 0) is 163 Å². The molecule has 0 amide bonds. The van der Waals surface area contributed by atoms with E-state index >= 15 is 0 Å². The molecule has 10 aromatic heterocycles. The fourth-order valence-electron chi connectivity index (χ4n) is 15.6. The quantitative estimate of drug-likeness (QED) is 0.00783. The second-order valence-electron chi connectivity index (χ2n) is 31.0. The van der Waals surface area contributed by atoms with Crippen molar-refractivity contribution in [1.29, 1.82) is 0 Å². The number of aromatic nitrogens is 18. The van der Waals surface area contributed by atoms with Gasteiger partial charge in [-0.1, -0.05) is 45.7 Å². The normalized spacial score (nSPS) is 10.6. The van der Waals surface area contributed by atoms with Gasteiger partial charge in [0.15, 0.2) is 0 Å². The maximum Gasteiger partial charge on any atom is 1.00 e. The van der Waals surface area contributed by atoms with Crippen molar-refractivity contribution in [2.24, 2.45) is 5.11 Å². The molecule has 0 saturated heterocycles. The van der Waals surface area contributed by atoms with Crippen LogP contribution in [-0.2, 0) is 45.1 Å². The van der Waals surface area contributed by atoms with Crippen LogP contribution in [0.2, 0.25) is 0 Å². The first-order chi connectivity index (χ1) is 70.4. The maximum absolute atomic E-state index is 8.66. The number of nitrogens with zero attached hydrogens (tertiary/aromatic N) is 24. The van der Waals surface area contributed by atoms with E-state index in [0.717, 1.165) is 146 Å². The molecular formula is C102H98ClN28NaO13. The molecular weight excluding hydrogens is 1880 g/mol. The van der Waals surface area contributed by atoms with E-state index in [0.29, 0.717) is 125 Å². The summed E-state index contributed by atoms with van der Waals surface area (Å²) in [6, 6.07) is 62.8. The van der Waals surface area contributed by atoms with Crippen LogP contribution in [0.4, 0.5) is 23.8 Å². The Morgan fingerprint density at radius 1 is 0.359 bits per heavy atom. The Morgan fingerprint density at radius 3 is 0.993 bits per heavy atom. The number of halogens is 1. The summed E-state index contributed by atoms with van der Waals surface area (Å²) in [5.41, 5.74) is 44.3. The average Bonchev–Trinajstić information content (AvgIpc) is 1.66. The summed E-state index contributed by atoms with van der Waals surface area (Å²) in [6.45, 7) is 2.47. The van der Waals surface area contributed by atoms with Crippen molar-refractivity contribution in [1.82, 2.24) is 87.5 Å².